The molecule has 2 aromatic heterocycles. The lowest BCUT2D eigenvalue weighted by Gasteiger charge is -2.13. The van der Waals surface area contributed by atoms with Gasteiger partial charge in [0.25, 0.3) is 5.91 Å². The van der Waals surface area contributed by atoms with E-state index < -0.39 is 0 Å². The van der Waals surface area contributed by atoms with Gasteiger partial charge in [-0.1, -0.05) is 0 Å². The van der Waals surface area contributed by atoms with E-state index in [0.29, 0.717) is 0 Å². The highest BCUT2D eigenvalue weighted by Gasteiger charge is 2.11. The van der Waals surface area contributed by atoms with Crippen LogP contribution in [0.2, 0.25) is 0 Å². The number of aryl methyl sites for hydroxylation is 1. The lowest BCUT2D eigenvalue weighted by atomic mass is 10.1. The van der Waals surface area contributed by atoms with Gasteiger partial charge in [0.15, 0.2) is 5.76 Å². The van der Waals surface area contributed by atoms with Crippen molar-refractivity contribution < 1.29 is 18.4 Å². The molecule has 0 saturated heterocycles. The number of amides is 2. The van der Waals surface area contributed by atoms with Crippen molar-refractivity contribution in [1.82, 2.24) is 10.6 Å². The Bertz CT molecular complexity index is 575. The molecule has 6 heteroatoms. The Kier molecular flexibility index (Phi) is 5.82. The summed E-state index contributed by atoms with van der Waals surface area (Å²) in [6, 6.07) is 7.03. The molecule has 0 fully saturated rings. The number of hydrogen-bond acceptors (Lipinski definition) is 4. The van der Waals surface area contributed by atoms with E-state index in [0.717, 1.165) is 18.6 Å². The molecule has 0 bridgehead atoms. The first-order valence-corrected chi connectivity index (χ1v) is 7.28. The molecule has 2 amide bonds. The maximum absolute atomic E-state index is 11.8. The Labute approximate surface area is 128 Å². The predicted octanol–water partition coefficient (Wildman–Crippen LogP) is 2.13. The lowest BCUT2D eigenvalue weighted by Crippen LogP contribution is -2.35. The molecule has 6 nitrogen and oxygen atoms in total. The fourth-order valence-corrected chi connectivity index (χ4v) is 2.02. The number of furan rings is 2. The van der Waals surface area contributed by atoms with E-state index in [4.69, 9.17) is 8.83 Å². The molecule has 0 aliphatic carbocycles. The second-order valence-electron chi connectivity index (χ2n) is 5.07. The van der Waals surface area contributed by atoms with Crippen LogP contribution in [0.5, 0.6) is 0 Å². The first kappa shape index (κ1) is 15.9. The van der Waals surface area contributed by atoms with Gasteiger partial charge in [-0.3, -0.25) is 9.59 Å². The Hall–Kier alpha value is -2.50. The molecule has 2 N–H and O–H groups in total. The van der Waals surface area contributed by atoms with Crippen LogP contribution in [0.15, 0.2) is 45.6 Å². The Morgan fingerprint density at radius 1 is 1.18 bits per heavy atom. The maximum Gasteiger partial charge on any atom is 0.286 e. The van der Waals surface area contributed by atoms with Gasteiger partial charge in [-0.05, 0) is 37.6 Å². The number of nitrogens with one attached hydrogen (secondary N) is 2. The molecule has 0 radical (unpaired) electrons. The average molecular weight is 304 g/mol. The van der Waals surface area contributed by atoms with Crippen LogP contribution in [-0.4, -0.2) is 24.4 Å². The fourth-order valence-electron chi connectivity index (χ4n) is 2.02. The van der Waals surface area contributed by atoms with Crippen LogP contribution in [0, 0.1) is 0 Å². The lowest BCUT2D eigenvalue weighted by molar-refractivity contribution is -0.121. The smallest absolute Gasteiger partial charge is 0.286 e. The molecule has 118 valence electrons. The first-order chi connectivity index (χ1) is 10.6. The van der Waals surface area contributed by atoms with Gasteiger partial charge in [0.1, 0.15) is 5.76 Å². The molecule has 0 aliphatic rings. The van der Waals surface area contributed by atoms with E-state index in [1.807, 2.05) is 19.1 Å². The third-order valence-electron chi connectivity index (χ3n) is 3.19. The summed E-state index contributed by atoms with van der Waals surface area (Å²) in [5.74, 6) is 0.745. The third kappa shape index (κ3) is 5.12. The number of carbonyl (C=O) groups is 2. The van der Waals surface area contributed by atoms with Crippen molar-refractivity contribution >= 4 is 11.8 Å². The molecular weight excluding hydrogens is 284 g/mol. The van der Waals surface area contributed by atoms with Crippen molar-refractivity contribution in [3.63, 3.8) is 0 Å². The van der Waals surface area contributed by atoms with Gasteiger partial charge in [0.2, 0.25) is 5.91 Å². The van der Waals surface area contributed by atoms with Gasteiger partial charge in [-0.2, -0.15) is 0 Å². The van der Waals surface area contributed by atoms with Crippen LogP contribution >= 0.6 is 0 Å². The SMILES string of the molecule is CC(CCc1ccco1)NC(=O)CCNC(=O)c1ccco1. The molecule has 1 unspecified atom stereocenters. The zero-order valence-electron chi connectivity index (χ0n) is 12.5. The molecule has 0 spiro atoms. The van der Waals surface area contributed by atoms with Crippen molar-refractivity contribution in [3.05, 3.63) is 48.3 Å². The summed E-state index contributed by atoms with van der Waals surface area (Å²) in [5, 5.41) is 5.53. The van der Waals surface area contributed by atoms with E-state index in [-0.39, 0.29) is 36.6 Å². The van der Waals surface area contributed by atoms with Crippen LogP contribution in [0.4, 0.5) is 0 Å². The van der Waals surface area contributed by atoms with E-state index in [1.165, 1.54) is 6.26 Å². The van der Waals surface area contributed by atoms with E-state index in [1.54, 1.807) is 18.4 Å². The Morgan fingerprint density at radius 2 is 1.95 bits per heavy atom. The normalized spacial score (nSPS) is 11.9. The zero-order valence-corrected chi connectivity index (χ0v) is 12.5. The molecular formula is C16H20N2O4. The molecule has 1 atom stereocenters. The summed E-state index contributed by atoms with van der Waals surface area (Å²) in [5.41, 5.74) is 0. The monoisotopic (exact) mass is 304 g/mol. The zero-order chi connectivity index (χ0) is 15.8. The van der Waals surface area contributed by atoms with Crippen molar-refractivity contribution in [2.45, 2.75) is 32.2 Å². The minimum absolute atomic E-state index is 0.0541. The summed E-state index contributed by atoms with van der Waals surface area (Å²) in [4.78, 5) is 23.4. The van der Waals surface area contributed by atoms with E-state index in [9.17, 15) is 9.59 Å². The topological polar surface area (TPSA) is 84.5 Å². The first-order valence-electron chi connectivity index (χ1n) is 7.28. The molecule has 0 aromatic carbocycles. The molecule has 2 aromatic rings. The highest BCUT2D eigenvalue weighted by atomic mass is 16.3. The van der Waals surface area contributed by atoms with Crippen LogP contribution in [0.1, 0.15) is 36.1 Å². The van der Waals surface area contributed by atoms with Crippen LogP contribution in [-0.2, 0) is 11.2 Å². The Balaban J connectivity index is 1.60. The Morgan fingerprint density at radius 3 is 2.64 bits per heavy atom. The molecule has 22 heavy (non-hydrogen) atoms. The van der Waals surface area contributed by atoms with Crippen LogP contribution in [0.3, 0.4) is 0 Å². The quantitative estimate of drug-likeness (QED) is 0.782. The van der Waals surface area contributed by atoms with Gasteiger partial charge in [-0.15, -0.1) is 0 Å². The second kappa shape index (κ2) is 8.07. The van der Waals surface area contributed by atoms with Crippen molar-refractivity contribution in [1.29, 1.82) is 0 Å². The highest BCUT2D eigenvalue weighted by Crippen LogP contribution is 2.05. The summed E-state index contributed by atoms with van der Waals surface area (Å²) in [7, 11) is 0. The largest absolute Gasteiger partial charge is 0.469 e. The number of hydrogen-bond donors (Lipinski definition) is 2. The maximum atomic E-state index is 11.8. The van der Waals surface area contributed by atoms with Gasteiger partial charge in [0, 0.05) is 25.4 Å². The van der Waals surface area contributed by atoms with Crippen LogP contribution < -0.4 is 10.6 Å². The number of rotatable bonds is 8. The molecule has 2 rings (SSSR count). The highest BCUT2D eigenvalue weighted by molar-refractivity contribution is 5.91. The molecule has 2 heterocycles. The standard InChI is InChI=1S/C16H20N2O4/c1-12(6-7-13-4-2-10-21-13)18-15(19)8-9-17-16(20)14-5-3-11-22-14/h2-5,10-12H,6-9H2,1H3,(H,17,20)(H,18,19). The van der Waals surface area contributed by atoms with Crippen molar-refractivity contribution in [2.24, 2.45) is 0 Å². The summed E-state index contributed by atoms with van der Waals surface area (Å²) in [6.07, 6.45) is 4.89. The minimum Gasteiger partial charge on any atom is -0.469 e. The van der Waals surface area contributed by atoms with Gasteiger partial charge < -0.3 is 19.5 Å². The number of carbonyl (C=O) groups excluding carboxylic acids is 2. The summed E-state index contributed by atoms with van der Waals surface area (Å²) >= 11 is 0. The minimum atomic E-state index is -0.316. The van der Waals surface area contributed by atoms with Crippen molar-refractivity contribution in [2.75, 3.05) is 6.54 Å². The van der Waals surface area contributed by atoms with Gasteiger partial charge >= 0.3 is 0 Å². The van der Waals surface area contributed by atoms with Gasteiger partial charge in [0.05, 0.1) is 12.5 Å². The summed E-state index contributed by atoms with van der Waals surface area (Å²) < 4.78 is 10.2. The molecule has 0 saturated carbocycles. The fraction of sp³-hybridized carbons (Fsp3) is 0.375. The second-order valence-corrected chi connectivity index (χ2v) is 5.07. The van der Waals surface area contributed by atoms with Gasteiger partial charge in [-0.25, -0.2) is 0 Å². The predicted molar refractivity (Wildman–Crippen MR) is 80.3 cm³/mol. The van der Waals surface area contributed by atoms with Crippen LogP contribution in [0.25, 0.3) is 0 Å². The van der Waals surface area contributed by atoms with E-state index in [2.05, 4.69) is 10.6 Å². The molecule has 0 aliphatic heterocycles. The van der Waals surface area contributed by atoms with E-state index >= 15 is 0 Å². The average Bonchev–Trinajstić information content (AvgIpc) is 3.18. The summed E-state index contributed by atoms with van der Waals surface area (Å²) in [6.45, 7) is 2.22. The van der Waals surface area contributed by atoms with Crippen molar-refractivity contribution in [3.8, 4) is 0 Å². The third-order valence-corrected chi connectivity index (χ3v) is 3.19.